The summed E-state index contributed by atoms with van der Waals surface area (Å²) in [6.07, 6.45) is 1.98. The highest BCUT2D eigenvalue weighted by Crippen LogP contribution is 2.70. The number of aldehydes is 1. The van der Waals surface area contributed by atoms with Crippen LogP contribution in [0.5, 0.6) is 0 Å². The van der Waals surface area contributed by atoms with Crippen molar-refractivity contribution in [2.24, 2.45) is 34.5 Å². The number of rotatable bonds is 2. The summed E-state index contributed by atoms with van der Waals surface area (Å²) in [4.78, 5) is 25.0. The van der Waals surface area contributed by atoms with Gasteiger partial charge in [-0.3, -0.25) is 0 Å². The fourth-order valence-corrected chi connectivity index (χ4v) is 10.2. The maximum absolute atomic E-state index is 13.1. The van der Waals surface area contributed by atoms with Gasteiger partial charge in [0.2, 0.25) is 12.1 Å². The second kappa shape index (κ2) is 8.56. The van der Waals surface area contributed by atoms with Crippen molar-refractivity contribution in [3.63, 3.8) is 0 Å². The molecule has 6 fully saturated rings. The van der Waals surface area contributed by atoms with E-state index in [1.54, 1.807) is 13.0 Å². The monoisotopic (exact) mass is 548 g/mol. The molecule has 2 saturated heterocycles. The van der Waals surface area contributed by atoms with E-state index in [2.05, 4.69) is 6.92 Å². The molecule has 3 heterocycles. The second-order valence-corrected chi connectivity index (χ2v) is 13.6. The highest BCUT2D eigenvalue weighted by Gasteiger charge is 2.71. The van der Waals surface area contributed by atoms with E-state index < -0.39 is 59.0 Å². The van der Waals surface area contributed by atoms with Gasteiger partial charge in [-0.25, -0.2) is 4.79 Å². The molecule has 216 valence electrons. The lowest BCUT2D eigenvalue weighted by Gasteiger charge is -2.64. The molecular formula is C29H40O10. The summed E-state index contributed by atoms with van der Waals surface area (Å²) in [5.74, 6) is -2.59. The second-order valence-electron chi connectivity index (χ2n) is 13.6. The van der Waals surface area contributed by atoms with Crippen molar-refractivity contribution in [3.8, 4) is 0 Å². The molecule has 4 saturated carbocycles. The largest absolute Gasteiger partial charge is 0.458 e. The Kier molecular flexibility index (Phi) is 5.82. The van der Waals surface area contributed by atoms with Gasteiger partial charge in [0.15, 0.2) is 0 Å². The Morgan fingerprint density at radius 3 is 2.54 bits per heavy atom. The van der Waals surface area contributed by atoms with Gasteiger partial charge in [0.1, 0.15) is 25.1 Å². The van der Waals surface area contributed by atoms with Gasteiger partial charge in [-0.15, -0.1) is 0 Å². The van der Waals surface area contributed by atoms with Crippen molar-refractivity contribution in [1.82, 2.24) is 0 Å². The third-order valence-corrected chi connectivity index (χ3v) is 12.3. The van der Waals surface area contributed by atoms with Gasteiger partial charge in [0.25, 0.3) is 0 Å². The van der Waals surface area contributed by atoms with Crippen LogP contribution in [0.25, 0.3) is 0 Å². The molecule has 10 nitrogen and oxygen atoms in total. The molecule has 0 aromatic carbocycles. The van der Waals surface area contributed by atoms with Crippen LogP contribution in [0.15, 0.2) is 11.6 Å². The molecule has 0 amide bonds. The lowest BCUT2D eigenvalue weighted by molar-refractivity contribution is -0.468. The fraction of sp³-hybridized carbons (Fsp3) is 0.862. The average molecular weight is 549 g/mol. The van der Waals surface area contributed by atoms with Crippen LogP contribution in [0, 0.1) is 34.5 Å². The molecule has 0 bridgehead atoms. The van der Waals surface area contributed by atoms with E-state index in [0.717, 1.165) is 44.0 Å². The minimum atomic E-state index is -2.24. The molecule has 0 radical (unpaired) electrons. The van der Waals surface area contributed by atoms with Crippen LogP contribution in [0.1, 0.15) is 65.2 Å². The lowest BCUT2D eigenvalue weighted by atomic mass is 9.42. The first kappa shape index (κ1) is 26.5. The molecule has 0 aromatic rings. The van der Waals surface area contributed by atoms with Crippen molar-refractivity contribution in [2.45, 2.75) is 113 Å². The molecule has 3 aliphatic heterocycles. The summed E-state index contributed by atoms with van der Waals surface area (Å²) < 4.78 is 23.2. The number of carbonyl (C=O) groups excluding carboxylic acids is 2. The van der Waals surface area contributed by atoms with Gasteiger partial charge in [-0.05, 0) is 87.5 Å². The third kappa shape index (κ3) is 3.34. The van der Waals surface area contributed by atoms with E-state index in [1.165, 1.54) is 0 Å². The molecule has 10 heteroatoms. The van der Waals surface area contributed by atoms with Gasteiger partial charge in [-0.1, -0.05) is 6.92 Å². The Labute approximate surface area is 227 Å². The highest BCUT2D eigenvalue weighted by atomic mass is 16.8. The van der Waals surface area contributed by atoms with Crippen molar-refractivity contribution in [1.29, 1.82) is 0 Å². The number of fused-ring (bicyclic) bond motifs is 7. The third-order valence-electron chi connectivity index (χ3n) is 12.3. The standard InChI is InChI=1S/C29H40O10/c1-14-23(32)24(33)29(35)25(37-14)38-20-10-16-3-4-19-18(27(16,13-30)11-21(20)39-29)5-7-26(2)17(6-8-28(19,26)34)15-9-22(31)36-12-15/h9,13-14,16-21,23-25,32-35H,3-8,10-12H2,1-2H3/t14-,16+,17-,18?,19?,20-,21-,23+,24-,25+,26-,27-,28+,29+/m1/s1. The van der Waals surface area contributed by atoms with E-state index in [-0.39, 0.29) is 36.2 Å². The zero-order valence-corrected chi connectivity index (χ0v) is 22.5. The Balaban J connectivity index is 1.18. The molecule has 4 aliphatic carbocycles. The van der Waals surface area contributed by atoms with Crippen molar-refractivity contribution >= 4 is 12.3 Å². The average Bonchev–Trinajstić information content (AvgIpc) is 3.45. The number of aliphatic hydroxyl groups excluding tert-OH is 2. The van der Waals surface area contributed by atoms with Crippen LogP contribution in [0.4, 0.5) is 0 Å². The molecule has 4 N–H and O–H groups in total. The first-order valence-electron chi connectivity index (χ1n) is 14.6. The summed E-state index contributed by atoms with van der Waals surface area (Å²) in [5.41, 5.74) is -1.17. The summed E-state index contributed by atoms with van der Waals surface area (Å²) in [5, 5.41) is 44.8. The SMILES string of the molecule is C[C@H]1O[C@H]2O[C@@H]3C[C@@H]4CCC5C(CC[C@]6(C)[C@@H](C7=CC(=O)OC7)CC[C@]56O)[C@@]4(C=O)C[C@H]3O[C@@]2(O)[C@H](O)[C@H]1O. The normalized spacial score (nSPS) is 58.2. The Morgan fingerprint density at radius 2 is 1.82 bits per heavy atom. The maximum Gasteiger partial charge on any atom is 0.331 e. The van der Waals surface area contributed by atoms with E-state index in [9.17, 15) is 30.0 Å². The maximum atomic E-state index is 13.1. The minimum absolute atomic E-state index is 0.0394. The summed E-state index contributed by atoms with van der Waals surface area (Å²) >= 11 is 0. The van der Waals surface area contributed by atoms with Crippen molar-refractivity contribution in [2.75, 3.05) is 6.61 Å². The van der Waals surface area contributed by atoms with Crippen LogP contribution in [-0.2, 0) is 28.5 Å². The predicted molar refractivity (Wildman–Crippen MR) is 133 cm³/mol. The van der Waals surface area contributed by atoms with E-state index in [4.69, 9.17) is 18.9 Å². The van der Waals surface area contributed by atoms with Gasteiger partial charge >= 0.3 is 5.97 Å². The zero-order chi connectivity index (χ0) is 27.5. The van der Waals surface area contributed by atoms with E-state index in [1.807, 2.05) is 0 Å². The number of aliphatic hydroxyl groups is 4. The van der Waals surface area contributed by atoms with E-state index >= 15 is 0 Å². The summed E-state index contributed by atoms with van der Waals surface area (Å²) in [7, 11) is 0. The van der Waals surface area contributed by atoms with Crippen LogP contribution < -0.4 is 0 Å². The van der Waals surface area contributed by atoms with Gasteiger partial charge < -0.3 is 44.2 Å². The van der Waals surface area contributed by atoms with Crippen LogP contribution in [0.3, 0.4) is 0 Å². The molecular weight excluding hydrogens is 508 g/mol. The summed E-state index contributed by atoms with van der Waals surface area (Å²) in [6, 6.07) is 0. The molecule has 39 heavy (non-hydrogen) atoms. The number of hydrogen-bond donors (Lipinski definition) is 4. The number of esters is 1. The topological polar surface area (TPSA) is 152 Å². The van der Waals surface area contributed by atoms with E-state index in [0.29, 0.717) is 19.3 Å². The highest BCUT2D eigenvalue weighted by molar-refractivity contribution is 5.85. The van der Waals surface area contributed by atoms with Crippen LogP contribution in [0.2, 0.25) is 0 Å². The van der Waals surface area contributed by atoms with Gasteiger partial charge in [0.05, 0.1) is 23.9 Å². The lowest BCUT2D eigenvalue weighted by Crippen LogP contribution is -2.73. The zero-order valence-electron chi connectivity index (χ0n) is 22.5. The minimum Gasteiger partial charge on any atom is -0.458 e. The van der Waals surface area contributed by atoms with Crippen LogP contribution >= 0.6 is 0 Å². The molecule has 0 spiro atoms. The Hall–Kier alpha value is -1.40. The molecule has 7 rings (SSSR count). The van der Waals surface area contributed by atoms with Gasteiger partial charge in [0, 0.05) is 16.9 Å². The number of cyclic esters (lactones) is 1. The molecule has 14 atom stereocenters. The number of ether oxygens (including phenoxy) is 4. The molecule has 2 unspecified atom stereocenters. The number of hydrogen-bond acceptors (Lipinski definition) is 10. The van der Waals surface area contributed by atoms with Gasteiger partial charge in [-0.2, -0.15) is 0 Å². The predicted octanol–water partition coefficient (Wildman–Crippen LogP) is 0.972. The van der Waals surface area contributed by atoms with Crippen molar-refractivity contribution in [3.05, 3.63) is 11.6 Å². The summed E-state index contributed by atoms with van der Waals surface area (Å²) in [6.45, 7) is 4.04. The quantitative estimate of drug-likeness (QED) is 0.223. The first-order chi connectivity index (χ1) is 18.5. The Morgan fingerprint density at radius 1 is 1.03 bits per heavy atom. The first-order valence-corrected chi connectivity index (χ1v) is 14.6. The molecule has 0 aromatic heterocycles. The molecule has 7 aliphatic rings. The smallest absolute Gasteiger partial charge is 0.331 e. The van der Waals surface area contributed by atoms with Crippen LogP contribution in [-0.4, -0.2) is 87.5 Å². The Bertz CT molecular complexity index is 1090. The van der Waals surface area contributed by atoms with Crippen molar-refractivity contribution < 1.29 is 49.0 Å². The number of carbonyl (C=O) groups is 2. The fourth-order valence-electron chi connectivity index (χ4n) is 10.2.